The van der Waals surface area contributed by atoms with E-state index in [2.05, 4.69) is 26.6 Å². The number of aromatic hydroxyl groups is 1. The summed E-state index contributed by atoms with van der Waals surface area (Å²) in [5.41, 5.74) is 3.44. The van der Waals surface area contributed by atoms with Crippen LogP contribution in [0, 0.1) is 0 Å². The number of carbonyl (C=O) groups excluding carboxylic acids is 1. The first-order chi connectivity index (χ1) is 10.1. The maximum atomic E-state index is 12.3. The van der Waals surface area contributed by atoms with Gasteiger partial charge in [-0.2, -0.15) is 0 Å². The van der Waals surface area contributed by atoms with Crippen molar-refractivity contribution >= 4 is 27.5 Å². The number of hydrogen-bond acceptors (Lipinski definition) is 3. The molecule has 0 aliphatic carbocycles. The van der Waals surface area contributed by atoms with Crippen LogP contribution in [-0.2, 0) is 13.0 Å². The van der Waals surface area contributed by atoms with Gasteiger partial charge in [0.15, 0.2) is 5.75 Å². The molecule has 21 heavy (non-hydrogen) atoms. The summed E-state index contributed by atoms with van der Waals surface area (Å²) in [6, 6.07) is 10.9. The van der Waals surface area contributed by atoms with E-state index in [9.17, 15) is 9.90 Å². The smallest absolute Gasteiger partial charge is 0.255 e. The molecule has 0 unspecified atom stereocenters. The lowest BCUT2D eigenvalue weighted by Gasteiger charge is -2.17. The molecule has 1 heterocycles. The molecule has 2 aromatic rings. The van der Waals surface area contributed by atoms with Crippen molar-refractivity contribution in [3.05, 3.63) is 57.6 Å². The number of anilines is 1. The van der Waals surface area contributed by atoms with E-state index >= 15 is 0 Å². The van der Waals surface area contributed by atoms with Gasteiger partial charge in [-0.15, -0.1) is 0 Å². The standard InChI is InChI=1S/C16H15BrN2O2/c17-13-2-1-3-14(15(13)20)19-16(21)11-5-4-10-6-7-18-9-12(10)8-11/h1-5,8,18,20H,6-7,9H2,(H,19,21). The molecule has 0 saturated carbocycles. The molecule has 1 aliphatic rings. The van der Waals surface area contributed by atoms with Gasteiger partial charge < -0.3 is 15.7 Å². The number of phenols is 1. The highest BCUT2D eigenvalue weighted by Crippen LogP contribution is 2.31. The van der Waals surface area contributed by atoms with Gasteiger partial charge in [-0.3, -0.25) is 4.79 Å². The van der Waals surface area contributed by atoms with Crippen molar-refractivity contribution in [1.82, 2.24) is 5.32 Å². The Morgan fingerprint density at radius 2 is 2.10 bits per heavy atom. The molecule has 4 nitrogen and oxygen atoms in total. The molecule has 3 rings (SSSR count). The molecule has 0 atom stereocenters. The van der Waals surface area contributed by atoms with Gasteiger partial charge in [-0.25, -0.2) is 0 Å². The number of rotatable bonds is 2. The third-order valence-electron chi connectivity index (χ3n) is 3.59. The minimum Gasteiger partial charge on any atom is -0.505 e. The Kier molecular flexibility index (Phi) is 3.94. The molecule has 5 heteroatoms. The van der Waals surface area contributed by atoms with E-state index in [4.69, 9.17) is 0 Å². The predicted molar refractivity (Wildman–Crippen MR) is 85.6 cm³/mol. The monoisotopic (exact) mass is 346 g/mol. The number of phenolic OH excluding ortho intramolecular Hbond substituents is 1. The summed E-state index contributed by atoms with van der Waals surface area (Å²) in [4.78, 5) is 12.3. The van der Waals surface area contributed by atoms with Crippen molar-refractivity contribution in [3.8, 4) is 5.75 Å². The normalized spacial score (nSPS) is 13.6. The molecule has 0 fully saturated rings. The van der Waals surface area contributed by atoms with Gasteiger partial charge in [-0.1, -0.05) is 12.1 Å². The maximum Gasteiger partial charge on any atom is 0.255 e. The Hall–Kier alpha value is -1.85. The fourth-order valence-corrected chi connectivity index (χ4v) is 2.80. The van der Waals surface area contributed by atoms with Crippen LogP contribution < -0.4 is 10.6 Å². The van der Waals surface area contributed by atoms with Gasteiger partial charge >= 0.3 is 0 Å². The number of nitrogens with one attached hydrogen (secondary N) is 2. The Morgan fingerprint density at radius 3 is 2.95 bits per heavy atom. The molecule has 0 saturated heterocycles. The minimum absolute atomic E-state index is 0.0328. The van der Waals surface area contributed by atoms with Crippen molar-refractivity contribution in [3.63, 3.8) is 0 Å². The average Bonchev–Trinajstić information content (AvgIpc) is 2.51. The highest BCUT2D eigenvalue weighted by Gasteiger charge is 2.14. The lowest BCUT2D eigenvalue weighted by molar-refractivity contribution is 0.102. The quantitative estimate of drug-likeness (QED) is 0.732. The number of fused-ring (bicyclic) bond motifs is 1. The SMILES string of the molecule is O=C(Nc1cccc(Br)c1O)c1ccc2c(c1)CNCC2. The first kappa shape index (κ1) is 14.1. The van der Waals surface area contributed by atoms with Gasteiger partial charge in [0.25, 0.3) is 5.91 Å². The molecule has 0 bridgehead atoms. The van der Waals surface area contributed by atoms with Crippen molar-refractivity contribution in [2.75, 3.05) is 11.9 Å². The van der Waals surface area contributed by atoms with Gasteiger partial charge in [0.1, 0.15) is 0 Å². The van der Waals surface area contributed by atoms with E-state index in [1.165, 1.54) is 5.56 Å². The summed E-state index contributed by atoms with van der Waals surface area (Å²) in [6.07, 6.45) is 0.990. The summed E-state index contributed by atoms with van der Waals surface area (Å²) in [7, 11) is 0. The third kappa shape index (κ3) is 2.94. The molecular weight excluding hydrogens is 332 g/mol. The second kappa shape index (κ2) is 5.87. The van der Waals surface area contributed by atoms with Crippen LogP contribution in [0.3, 0.4) is 0 Å². The highest BCUT2D eigenvalue weighted by atomic mass is 79.9. The molecule has 3 N–H and O–H groups in total. The van der Waals surface area contributed by atoms with Gasteiger partial charge in [-0.05, 0) is 64.3 Å². The Labute approximate surface area is 131 Å². The maximum absolute atomic E-state index is 12.3. The molecule has 108 valence electrons. The van der Waals surface area contributed by atoms with E-state index in [-0.39, 0.29) is 11.7 Å². The summed E-state index contributed by atoms with van der Waals surface area (Å²) >= 11 is 3.23. The van der Waals surface area contributed by atoms with Crippen LogP contribution in [0.2, 0.25) is 0 Å². The molecule has 0 spiro atoms. The van der Waals surface area contributed by atoms with Crippen molar-refractivity contribution in [1.29, 1.82) is 0 Å². The predicted octanol–water partition coefficient (Wildman–Crippen LogP) is 3.05. The Balaban J connectivity index is 1.84. The lowest BCUT2D eigenvalue weighted by Crippen LogP contribution is -2.24. The van der Waals surface area contributed by atoms with Crippen LogP contribution in [0.5, 0.6) is 5.75 Å². The van der Waals surface area contributed by atoms with E-state index < -0.39 is 0 Å². The van der Waals surface area contributed by atoms with E-state index in [1.807, 2.05) is 18.2 Å². The van der Waals surface area contributed by atoms with Crippen LogP contribution in [-0.4, -0.2) is 17.6 Å². The van der Waals surface area contributed by atoms with Crippen LogP contribution >= 0.6 is 15.9 Å². The van der Waals surface area contributed by atoms with Crippen LogP contribution in [0.15, 0.2) is 40.9 Å². The number of hydrogen-bond donors (Lipinski definition) is 3. The zero-order valence-electron chi connectivity index (χ0n) is 11.3. The van der Waals surface area contributed by atoms with Gasteiger partial charge in [0.2, 0.25) is 0 Å². The zero-order valence-corrected chi connectivity index (χ0v) is 12.9. The van der Waals surface area contributed by atoms with E-state index in [1.54, 1.807) is 18.2 Å². The largest absolute Gasteiger partial charge is 0.505 e. The van der Waals surface area contributed by atoms with Gasteiger partial charge in [0.05, 0.1) is 10.2 Å². The Morgan fingerprint density at radius 1 is 1.24 bits per heavy atom. The zero-order chi connectivity index (χ0) is 14.8. The Bertz CT molecular complexity index is 701. The molecule has 1 aliphatic heterocycles. The number of halogens is 1. The summed E-state index contributed by atoms with van der Waals surface area (Å²) in [6.45, 7) is 1.77. The number of amides is 1. The summed E-state index contributed by atoms with van der Waals surface area (Å²) in [5.74, 6) is -0.192. The summed E-state index contributed by atoms with van der Waals surface area (Å²) < 4.78 is 0.551. The molecule has 0 aromatic heterocycles. The highest BCUT2D eigenvalue weighted by molar-refractivity contribution is 9.10. The number of para-hydroxylation sites is 1. The van der Waals surface area contributed by atoms with Crippen LogP contribution in [0.1, 0.15) is 21.5 Å². The number of carbonyl (C=O) groups is 1. The first-order valence-electron chi connectivity index (χ1n) is 6.76. The van der Waals surface area contributed by atoms with Crippen molar-refractivity contribution in [2.45, 2.75) is 13.0 Å². The third-order valence-corrected chi connectivity index (χ3v) is 4.23. The van der Waals surface area contributed by atoms with E-state index in [0.29, 0.717) is 15.7 Å². The minimum atomic E-state index is -0.225. The van der Waals surface area contributed by atoms with E-state index in [0.717, 1.165) is 25.1 Å². The molecule has 0 radical (unpaired) electrons. The second-order valence-corrected chi connectivity index (χ2v) is 5.85. The molecule has 1 amide bonds. The first-order valence-corrected chi connectivity index (χ1v) is 7.56. The fraction of sp³-hybridized carbons (Fsp3) is 0.188. The van der Waals surface area contributed by atoms with Crippen molar-refractivity contribution < 1.29 is 9.90 Å². The molecule has 2 aromatic carbocycles. The summed E-state index contributed by atoms with van der Waals surface area (Å²) in [5, 5.41) is 15.9. The number of benzene rings is 2. The lowest BCUT2D eigenvalue weighted by atomic mass is 9.98. The topological polar surface area (TPSA) is 61.4 Å². The van der Waals surface area contributed by atoms with Gasteiger partial charge in [0, 0.05) is 12.1 Å². The average molecular weight is 347 g/mol. The molecular formula is C16H15BrN2O2. The van der Waals surface area contributed by atoms with Crippen molar-refractivity contribution in [2.24, 2.45) is 0 Å². The van der Waals surface area contributed by atoms with Crippen LogP contribution in [0.4, 0.5) is 5.69 Å². The fourth-order valence-electron chi connectivity index (χ4n) is 2.43. The second-order valence-electron chi connectivity index (χ2n) is 5.00. The van der Waals surface area contributed by atoms with Crippen LogP contribution in [0.25, 0.3) is 0 Å².